The van der Waals surface area contributed by atoms with Gasteiger partial charge in [-0.05, 0) is 25.0 Å². The first-order chi connectivity index (χ1) is 9.12. The zero-order valence-corrected chi connectivity index (χ0v) is 12.5. The van der Waals surface area contributed by atoms with Crippen LogP contribution in [0, 0.1) is 17.6 Å². The molecule has 1 rings (SSSR count). The molecule has 2 atom stereocenters. The van der Waals surface area contributed by atoms with Crippen LogP contribution in [0.15, 0.2) is 23.1 Å². The van der Waals surface area contributed by atoms with Crippen LogP contribution in [0.1, 0.15) is 27.2 Å². The monoisotopic (exact) mass is 307 g/mol. The van der Waals surface area contributed by atoms with Crippen molar-refractivity contribution in [2.45, 2.75) is 37.7 Å². The zero-order valence-electron chi connectivity index (χ0n) is 11.7. The highest BCUT2D eigenvalue weighted by molar-refractivity contribution is 7.89. The predicted molar refractivity (Wildman–Crippen MR) is 71.6 cm³/mol. The van der Waals surface area contributed by atoms with Crippen LogP contribution < -0.4 is 4.72 Å². The number of sulfonamides is 1. The normalized spacial score (nSPS) is 16.7. The topological polar surface area (TPSA) is 66.4 Å². The summed E-state index contributed by atoms with van der Waals surface area (Å²) in [5.74, 6) is -2.50. The lowest BCUT2D eigenvalue weighted by atomic mass is 9.89. The van der Waals surface area contributed by atoms with Crippen molar-refractivity contribution in [2.75, 3.05) is 6.54 Å². The van der Waals surface area contributed by atoms with E-state index in [1.54, 1.807) is 6.92 Å². The summed E-state index contributed by atoms with van der Waals surface area (Å²) in [6, 6.07) is 2.81. The van der Waals surface area contributed by atoms with Crippen molar-refractivity contribution < 1.29 is 22.3 Å². The zero-order chi connectivity index (χ0) is 15.6. The number of aliphatic hydroxyl groups is 1. The van der Waals surface area contributed by atoms with E-state index >= 15 is 0 Å². The van der Waals surface area contributed by atoms with Gasteiger partial charge in [-0.3, -0.25) is 0 Å². The molecule has 20 heavy (non-hydrogen) atoms. The number of benzene rings is 1. The average Bonchev–Trinajstić information content (AvgIpc) is 2.35. The molecule has 0 bridgehead atoms. The molecular formula is C13H19F2NO3S. The summed E-state index contributed by atoms with van der Waals surface area (Å²) in [6.07, 6.45) is 0.642. The third-order valence-electron chi connectivity index (χ3n) is 3.48. The summed E-state index contributed by atoms with van der Waals surface area (Å²) >= 11 is 0. The molecule has 0 radical (unpaired) electrons. The van der Waals surface area contributed by atoms with E-state index in [9.17, 15) is 22.3 Å². The highest BCUT2D eigenvalue weighted by Gasteiger charge is 2.31. The van der Waals surface area contributed by atoms with Crippen LogP contribution in [0.2, 0.25) is 0 Å². The predicted octanol–water partition coefficient (Wildman–Crippen LogP) is 2.04. The van der Waals surface area contributed by atoms with Crippen molar-refractivity contribution in [2.24, 2.45) is 5.92 Å². The Kier molecular flexibility index (Phi) is 5.23. The van der Waals surface area contributed by atoms with Crippen LogP contribution in [0.4, 0.5) is 8.78 Å². The Morgan fingerprint density at radius 1 is 1.35 bits per heavy atom. The van der Waals surface area contributed by atoms with Gasteiger partial charge in [-0.25, -0.2) is 21.9 Å². The van der Waals surface area contributed by atoms with E-state index in [0.717, 1.165) is 18.2 Å². The molecule has 0 saturated carbocycles. The first kappa shape index (κ1) is 17.0. The second-order valence-electron chi connectivity index (χ2n) is 5.04. The smallest absolute Gasteiger partial charge is 0.246 e. The molecule has 0 amide bonds. The third-order valence-corrected chi connectivity index (χ3v) is 4.93. The van der Waals surface area contributed by atoms with Gasteiger partial charge in [0.05, 0.1) is 5.60 Å². The molecule has 0 aliphatic rings. The minimum atomic E-state index is -4.36. The van der Waals surface area contributed by atoms with E-state index in [-0.39, 0.29) is 12.5 Å². The fraction of sp³-hybridized carbons (Fsp3) is 0.538. The number of hydrogen-bond acceptors (Lipinski definition) is 3. The molecule has 1 aromatic rings. The van der Waals surface area contributed by atoms with Crippen molar-refractivity contribution in [3.63, 3.8) is 0 Å². The maximum absolute atomic E-state index is 13.5. The van der Waals surface area contributed by atoms with Crippen LogP contribution in [0.3, 0.4) is 0 Å². The maximum atomic E-state index is 13.5. The van der Waals surface area contributed by atoms with E-state index in [1.807, 2.05) is 6.92 Å². The molecule has 0 fully saturated rings. The van der Waals surface area contributed by atoms with E-state index in [0.29, 0.717) is 6.42 Å². The summed E-state index contributed by atoms with van der Waals surface area (Å²) in [5, 5.41) is 10.1. The molecular weight excluding hydrogens is 288 g/mol. The fourth-order valence-corrected chi connectivity index (χ4v) is 2.94. The molecule has 4 nitrogen and oxygen atoms in total. The van der Waals surface area contributed by atoms with Gasteiger partial charge < -0.3 is 5.11 Å². The van der Waals surface area contributed by atoms with E-state index in [1.165, 1.54) is 6.92 Å². The minimum absolute atomic E-state index is 0.171. The van der Waals surface area contributed by atoms with Gasteiger partial charge in [0.2, 0.25) is 10.0 Å². The van der Waals surface area contributed by atoms with Crippen LogP contribution >= 0.6 is 0 Å². The van der Waals surface area contributed by atoms with Gasteiger partial charge >= 0.3 is 0 Å². The average molecular weight is 307 g/mol. The summed E-state index contributed by atoms with van der Waals surface area (Å²) < 4.78 is 52.9. The van der Waals surface area contributed by atoms with Gasteiger partial charge in [0.25, 0.3) is 0 Å². The molecule has 7 heteroatoms. The Labute approximate surface area is 117 Å². The minimum Gasteiger partial charge on any atom is -0.389 e. The molecule has 0 aliphatic heterocycles. The second kappa shape index (κ2) is 6.15. The molecule has 0 heterocycles. The SMILES string of the molecule is CCC(C)C(C)(O)CNS(=O)(=O)c1c(F)cccc1F. The molecule has 114 valence electrons. The quantitative estimate of drug-likeness (QED) is 0.845. The van der Waals surface area contributed by atoms with Crippen molar-refractivity contribution in [3.05, 3.63) is 29.8 Å². The number of halogens is 2. The highest BCUT2D eigenvalue weighted by atomic mass is 32.2. The molecule has 2 unspecified atom stereocenters. The molecule has 2 N–H and O–H groups in total. The summed E-state index contributed by atoms with van der Waals surface area (Å²) in [7, 11) is -4.36. The Bertz CT molecular complexity index is 553. The number of rotatable bonds is 6. The van der Waals surface area contributed by atoms with Crippen LogP contribution in [0.25, 0.3) is 0 Å². The van der Waals surface area contributed by atoms with Crippen LogP contribution in [-0.4, -0.2) is 25.7 Å². The molecule has 0 aliphatic carbocycles. The highest BCUT2D eigenvalue weighted by Crippen LogP contribution is 2.22. The molecule has 1 aromatic carbocycles. The van der Waals surface area contributed by atoms with Gasteiger partial charge in [0.1, 0.15) is 11.6 Å². The molecule has 0 aromatic heterocycles. The van der Waals surface area contributed by atoms with Gasteiger partial charge in [-0.2, -0.15) is 0 Å². The van der Waals surface area contributed by atoms with Gasteiger partial charge in [0.15, 0.2) is 4.90 Å². The first-order valence-corrected chi connectivity index (χ1v) is 7.76. The van der Waals surface area contributed by atoms with E-state index in [4.69, 9.17) is 0 Å². The van der Waals surface area contributed by atoms with E-state index in [2.05, 4.69) is 4.72 Å². The van der Waals surface area contributed by atoms with E-state index < -0.39 is 32.2 Å². The van der Waals surface area contributed by atoms with Gasteiger partial charge in [0, 0.05) is 6.54 Å². The fourth-order valence-electron chi connectivity index (χ4n) is 1.67. The lowest BCUT2D eigenvalue weighted by Crippen LogP contribution is -2.45. The third kappa shape index (κ3) is 3.74. The van der Waals surface area contributed by atoms with Crippen LogP contribution in [-0.2, 0) is 10.0 Å². The molecule has 0 spiro atoms. The largest absolute Gasteiger partial charge is 0.389 e. The molecule has 0 saturated heterocycles. The lowest BCUT2D eigenvalue weighted by Gasteiger charge is -2.29. The van der Waals surface area contributed by atoms with Crippen molar-refractivity contribution in [3.8, 4) is 0 Å². The van der Waals surface area contributed by atoms with Crippen LogP contribution in [0.5, 0.6) is 0 Å². The summed E-state index contributed by atoms with van der Waals surface area (Å²) in [5.41, 5.74) is -1.30. The van der Waals surface area contributed by atoms with Crippen molar-refractivity contribution in [1.82, 2.24) is 4.72 Å². The van der Waals surface area contributed by atoms with Gasteiger partial charge in [-0.1, -0.05) is 26.3 Å². The number of nitrogens with one attached hydrogen (secondary N) is 1. The Hall–Kier alpha value is -1.05. The summed E-state index contributed by atoms with van der Waals surface area (Å²) in [6.45, 7) is 4.77. The van der Waals surface area contributed by atoms with Gasteiger partial charge in [-0.15, -0.1) is 0 Å². The van der Waals surface area contributed by atoms with Crippen molar-refractivity contribution >= 4 is 10.0 Å². The Morgan fingerprint density at radius 3 is 2.30 bits per heavy atom. The maximum Gasteiger partial charge on any atom is 0.246 e. The second-order valence-corrected chi connectivity index (χ2v) is 6.75. The number of hydrogen-bond donors (Lipinski definition) is 2. The summed E-state index contributed by atoms with van der Waals surface area (Å²) in [4.78, 5) is -1.03. The Balaban J connectivity index is 2.97. The van der Waals surface area contributed by atoms with Crippen molar-refractivity contribution in [1.29, 1.82) is 0 Å². The Morgan fingerprint density at radius 2 is 1.85 bits per heavy atom. The first-order valence-electron chi connectivity index (χ1n) is 6.28. The lowest BCUT2D eigenvalue weighted by molar-refractivity contribution is 0.0102. The standard InChI is InChI=1S/C13H19F2NO3S/c1-4-9(2)13(3,17)8-16-20(18,19)12-10(14)6-5-7-11(12)15/h5-7,9,16-17H,4,8H2,1-3H3.